The van der Waals surface area contributed by atoms with E-state index in [1.54, 1.807) is 0 Å². The molecule has 1 aromatic rings. The van der Waals surface area contributed by atoms with Crippen LogP contribution in [0.15, 0.2) is 18.2 Å². The van der Waals surface area contributed by atoms with Crippen molar-refractivity contribution in [3.05, 3.63) is 29.3 Å². The average Bonchev–Trinajstić information content (AvgIpc) is 2.39. The largest absolute Gasteiger partial charge is 0.381 e. The van der Waals surface area contributed by atoms with E-state index in [2.05, 4.69) is 24.1 Å². The minimum atomic E-state index is 0.552. The van der Waals surface area contributed by atoms with Gasteiger partial charge in [-0.25, -0.2) is 0 Å². The van der Waals surface area contributed by atoms with Gasteiger partial charge in [0.25, 0.3) is 0 Å². The topological polar surface area (TPSA) is 36.3 Å². The van der Waals surface area contributed by atoms with Gasteiger partial charge < -0.3 is 9.64 Å². The molecule has 1 aliphatic rings. The number of nitrogens with zero attached hydrogens (tertiary/aromatic N) is 2. The van der Waals surface area contributed by atoms with Gasteiger partial charge in [0.05, 0.1) is 11.6 Å². The normalized spacial score (nSPS) is 16.5. The SMILES string of the molecule is Cc1cc(N(C)C2CCOCC2)ccc1C#N. The second-order valence-corrected chi connectivity index (χ2v) is 4.57. The molecule has 17 heavy (non-hydrogen) atoms. The van der Waals surface area contributed by atoms with E-state index < -0.39 is 0 Å². The molecular formula is C14H18N2O. The molecule has 0 bridgehead atoms. The van der Waals surface area contributed by atoms with Gasteiger partial charge in [-0.05, 0) is 43.5 Å². The van der Waals surface area contributed by atoms with Gasteiger partial charge in [0.2, 0.25) is 0 Å². The van der Waals surface area contributed by atoms with Crippen LogP contribution >= 0.6 is 0 Å². The van der Waals surface area contributed by atoms with Gasteiger partial charge >= 0.3 is 0 Å². The molecule has 0 spiro atoms. The van der Waals surface area contributed by atoms with Crippen molar-refractivity contribution in [2.75, 3.05) is 25.2 Å². The van der Waals surface area contributed by atoms with Crippen molar-refractivity contribution in [1.82, 2.24) is 0 Å². The molecule has 0 aliphatic carbocycles. The fraction of sp³-hybridized carbons (Fsp3) is 0.500. The molecule has 3 heteroatoms. The minimum absolute atomic E-state index is 0.552. The van der Waals surface area contributed by atoms with E-state index in [9.17, 15) is 0 Å². The maximum Gasteiger partial charge on any atom is 0.0994 e. The Balaban J connectivity index is 2.16. The predicted octanol–water partition coefficient (Wildman–Crippen LogP) is 2.48. The lowest BCUT2D eigenvalue weighted by atomic mass is 10.0. The van der Waals surface area contributed by atoms with E-state index in [0.29, 0.717) is 6.04 Å². The molecule has 2 rings (SSSR count). The van der Waals surface area contributed by atoms with Crippen molar-refractivity contribution in [2.24, 2.45) is 0 Å². The molecule has 0 unspecified atom stereocenters. The highest BCUT2D eigenvalue weighted by Gasteiger charge is 2.18. The number of anilines is 1. The van der Waals surface area contributed by atoms with E-state index in [4.69, 9.17) is 10.00 Å². The summed E-state index contributed by atoms with van der Waals surface area (Å²) in [5.41, 5.74) is 2.99. The van der Waals surface area contributed by atoms with Crippen LogP contribution in [0.4, 0.5) is 5.69 Å². The highest BCUT2D eigenvalue weighted by atomic mass is 16.5. The first kappa shape index (κ1) is 11.9. The van der Waals surface area contributed by atoms with E-state index in [0.717, 1.165) is 37.2 Å². The smallest absolute Gasteiger partial charge is 0.0994 e. The van der Waals surface area contributed by atoms with Gasteiger partial charge in [-0.15, -0.1) is 0 Å². The second kappa shape index (κ2) is 5.20. The molecule has 1 aliphatic heterocycles. The van der Waals surface area contributed by atoms with Gasteiger partial charge in [-0.1, -0.05) is 0 Å². The molecule has 0 N–H and O–H groups in total. The van der Waals surface area contributed by atoms with Crippen LogP contribution in [0, 0.1) is 18.3 Å². The van der Waals surface area contributed by atoms with Crippen molar-refractivity contribution in [3.63, 3.8) is 0 Å². The summed E-state index contributed by atoms with van der Waals surface area (Å²) in [5, 5.41) is 8.92. The summed E-state index contributed by atoms with van der Waals surface area (Å²) in [7, 11) is 2.12. The number of nitriles is 1. The third-order valence-electron chi connectivity index (χ3n) is 3.48. The van der Waals surface area contributed by atoms with Crippen LogP contribution in [-0.4, -0.2) is 26.3 Å². The lowest BCUT2D eigenvalue weighted by Crippen LogP contribution is -2.36. The quantitative estimate of drug-likeness (QED) is 0.783. The van der Waals surface area contributed by atoms with Gasteiger partial charge in [0, 0.05) is 32.0 Å². The summed E-state index contributed by atoms with van der Waals surface area (Å²) < 4.78 is 5.38. The Morgan fingerprint density at radius 1 is 1.35 bits per heavy atom. The minimum Gasteiger partial charge on any atom is -0.381 e. The first-order chi connectivity index (χ1) is 8.22. The predicted molar refractivity (Wildman–Crippen MR) is 68.1 cm³/mol. The average molecular weight is 230 g/mol. The summed E-state index contributed by atoms with van der Waals surface area (Å²) in [6, 6.07) is 8.78. The fourth-order valence-corrected chi connectivity index (χ4v) is 2.28. The Bertz CT molecular complexity index is 430. The van der Waals surface area contributed by atoms with Crippen molar-refractivity contribution >= 4 is 5.69 Å². The summed E-state index contributed by atoms with van der Waals surface area (Å²) in [6.45, 7) is 3.69. The zero-order chi connectivity index (χ0) is 12.3. The molecule has 0 atom stereocenters. The Morgan fingerprint density at radius 2 is 2.06 bits per heavy atom. The zero-order valence-electron chi connectivity index (χ0n) is 10.4. The third kappa shape index (κ3) is 2.59. The van der Waals surface area contributed by atoms with Gasteiger partial charge in [0.1, 0.15) is 0 Å². The van der Waals surface area contributed by atoms with E-state index in [1.807, 2.05) is 19.1 Å². The highest BCUT2D eigenvalue weighted by Crippen LogP contribution is 2.23. The Morgan fingerprint density at radius 3 is 2.65 bits per heavy atom. The van der Waals surface area contributed by atoms with Crippen LogP contribution in [0.2, 0.25) is 0 Å². The molecule has 0 saturated carbocycles. The molecule has 0 aromatic heterocycles. The molecule has 3 nitrogen and oxygen atoms in total. The van der Waals surface area contributed by atoms with Gasteiger partial charge in [-0.3, -0.25) is 0 Å². The lowest BCUT2D eigenvalue weighted by Gasteiger charge is -2.33. The number of hydrogen-bond donors (Lipinski definition) is 0. The summed E-state index contributed by atoms with van der Waals surface area (Å²) >= 11 is 0. The molecule has 0 radical (unpaired) electrons. The summed E-state index contributed by atoms with van der Waals surface area (Å²) in [6.07, 6.45) is 2.16. The highest BCUT2D eigenvalue weighted by molar-refractivity contribution is 5.53. The van der Waals surface area contributed by atoms with Crippen LogP contribution in [0.3, 0.4) is 0 Å². The number of ether oxygens (including phenoxy) is 1. The molecule has 1 fully saturated rings. The third-order valence-corrected chi connectivity index (χ3v) is 3.48. The molecule has 90 valence electrons. The number of hydrogen-bond acceptors (Lipinski definition) is 3. The molecular weight excluding hydrogens is 212 g/mol. The maximum absolute atomic E-state index is 8.92. The first-order valence-electron chi connectivity index (χ1n) is 6.03. The lowest BCUT2D eigenvalue weighted by molar-refractivity contribution is 0.0855. The van der Waals surface area contributed by atoms with E-state index in [-0.39, 0.29) is 0 Å². The maximum atomic E-state index is 8.92. The number of rotatable bonds is 2. The summed E-state index contributed by atoms with van der Waals surface area (Å²) in [5.74, 6) is 0. The number of benzene rings is 1. The van der Waals surface area contributed by atoms with E-state index >= 15 is 0 Å². The second-order valence-electron chi connectivity index (χ2n) is 4.57. The van der Waals surface area contributed by atoms with Crippen LogP contribution in [0.25, 0.3) is 0 Å². The number of aryl methyl sites for hydroxylation is 1. The van der Waals surface area contributed by atoms with Gasteiger partial charge in [-0.2, -0.15) is 5.26 Å². The molecule has 1 aromatic carbocycles. The Labute approximate surface area is 103 Å². The van der Waals surface area contributed by atoms with Crippen LogP contribution < -0.4 is 4.90 Å². The standard InChI is InChI=1S/C14H18N2O/c1-11-9-14(4-3-12(11)10-15)16(2)13-5-7-17-8-6-13/h3-4,9,13H,5-8H2,1-2H3. The fourth-order valence-electron chi connectivity index (χ4n) is 2.28. The van der Waals surface area contributed by atoms with Crippen molar-refractivity contribution in [2.45, 2.75) is 25.8 Å². The van der Waals surface area contributed by atoms with Crippen LogP contribution in [0.5, 0.6) is 0 Å². The Hall–Kier alpha value is -1.53. The van der Waals surface area contributed by atoms with Crippen molar-refractivity contribution in [1.29, 1.82) is 5.26 Å². The zero-order valence-corrected chi connectivity index (χ0v) is 10.4. The molecule has 1 heterocycles. The van der Waals surface area contributed by atoms with E-state index in [1.165, 1.54) is 5.69 Å². The van der Waals surface area contributed by atoms with Crippen molar-refractivity contribution in [3.8, 4) is 6.07 Å². The van der Waals surface area contributed by atoms with Crippen molar-refractivity contribution < 1.29 is 4.74 Å². The van der Waals surface area contributed by atoms with Crippen LogP contribution in [-0.2, 0) is 4.74 Å². The van der Waals surface area contributed by atoms with Gasteiger partial charge in [0.15, 0.2) is 0 Å². The van der Waals surface area contributed by atoms with Crippen LogP contribution in [0.1, 0.15) is 24.0 Å². The monoisotopic (exact) mass is 230 g/mol. The molecule has 0 amide bonds. The first-order valence-corrected chi connectivity index (χ1v) is 6.03. The molecule has 1 saturated heterocycles. The summed E-state index contributed by atoms with van der Waals surface area (Å²) in [4.78, 5) is 2.30. The Kier molecular flexibility index (Phi) is 3.65.